The van der Waals surface area contributed by atoms with Crippen molar-refractivity contribution in [2.24, 2.45) is 0 Å². The van der Waals surface area contributed by atoms with E-state index in [1.165, 1.54) is 0 Å². The summed E-state index contributed by atoms with van der Waals surface area (Å²) in [5.74, 6) is -0.400. The molecule has 0 amide bonds. The highest BCUT2D eigenvalue weighted by Gasteiger charge is 2.16. The summed E-state index contributed by atoms with van der Waals surface area (Å²) in [5, 5.41) is 10.4. The number of para-hydroxylation sites is 2. The van der Waals surface area contributed by atoms with Crippen LogP contribution < -0.4 is 5.76 Å². The molecule has 9 heteroatoms. The molecule has 1 atom stereocenters. The number of hydrogen-bond acceptors (Lipinski definition) is 6. The third-order valence-corrected chi connectivity index (χ3v) is 5.16. The molecule has 0 fully saturated rings. The molecule has 5 aromatic rings. The standard InChI is InChI=1S/C17H14N6O2S/c1-11(13-10-21-6-7-26-16(21)18-13)23-9-12(19-20-23)8-22-14-4-2-3-5-15(14)25-17(22)24/h2-7,9-11H,8H2,1H3/t11-/m1/s1. The Morgan fingerprint density at radius 3 is 3.04 bits per heavy atom. The number of imidazole rings is 1. The fourth-order valence-electron chi connectivity index (χ4n) is 2.98. The van der Waals surface area contributed by atoms with E-state index >= 15 is 0 Å². The van der Waals surface area contributed by atoms with Crippen LogP contribution in [-0.2, 0) is 6.54 Å². The van der Waals surface area contributed by atoms with Crippen LogP contribution in [0.5, 0.6) is 0 Å². The molecule has 0 unspecified atom stereocenters. The molecule has 0 saturated heterocycles. The van der Waals surface area contributed by atoms with Crippen molar-refractivity contribution >= 4 is 27.4 Å². The van der Waals surface area contributed by atoms with Crippen molar-refractivity contribution in [3.63, 3.8) is 0 Å². The van der Waals surface area contributed by atoms with Gasteiger partial charge in [0.15, 0.2) is 10.5 Å². The van der Waals surface area contributed by atoms with Gasteiger partial charge < -0.3 is 4.42 Å². The predicted molar refractivity (Wildman–Crippen MR) is 96.5 cm³/mol. The fourth-order valence-corrected chi connectivity index (χ4v) is 3.69. The van der Waals surface area contributed by atoms with Gasteiger partial charge in [-0.25, -0.2) is 14.5 Å². The van der Waals surface area contributed by atoms with Crippen LogP contribution in [0.15, 0.2) is 57.4 Å². The summed E-state index contributed by atoms with van der Waals surface area (Å²) in [4.78, 5) is 17.7. The zero-order valence-corrected chi connectivity index (χ0v) is 14.6. The SMILES string of the molecule is C[C@H](c1cn2ccsc2n1)n1cc(Cn2c(=O)oc3ccccc32)nn1. The molecule has 0 spiro atoms. The minimum Gasteiger partial charge on any atom is -0.408 e. The maximum absolute atomic E-state index is 12.1. The molecule has 0 N–H and O–H groups in total. The number of rotatable bonds is 4. The Morgan fingerprint density at radius 2 is 2.15 bits per heavy atom. The lowest BCUT2D eigenvalue weighted by molar-refractivity contribution is 0.516. The molecule has 0 radical (unpaired) electrons. The van der Waals surface area contributed by atoms with Crippen molar-refractivity contribution in [2.45, 2.75) is 19.5 Å². The Hall–Kier alpha value is -3.20. The Kier molecular flexibility index (Phi) is 3.29. The quantitative estimate of drug-likeness (QED) is 0.488. The number of nitrogens with zero attached hydrogens (tertiary/aromatic N) is 6. The van der Waals surface area contributed by atoms with Gasteiger partial charge in [0.1, 0.15) is 5.69 Å². The Bertz CT molecular complexity index is 1240. The van der Waals surface area contributed by atoms with E-state index in [0.717, 1.165) is 16.2 Å². The van der Waals surface area contributed by atoms with Crippen molar-refractivity contribution in [2.75, 3.05) is 0 Å². The third kappa shape index (κ3) is 2.36. The van der Waals surface area contributed by atoms with Crippen LogP contribution in [0.4, 0.5) is 0 Å². The summed E-state index contributed by atoms with van der Waals surface area (Å²) in [6, 6.07) is 7.28. The molecule has 5 rings (SSSR count). The zero-order valence-electron chi connectivity index (χ0n) is 13.8. The maximum atomic E-state index is 12.1. The number of aromatic nitrogens is 6. The molecule has 1 aromatic carbocycles. The van der Waals surface area contributed by atoms with Gasteiger partial charge in [-0.2, -0.15) is 0 Å². The van der Waals surface area contributed by atoms with Gasteiger partial charge in [-0.15, -0.1) is 16.4 Å². The summed E-state index contributed by atoms with van der Waals surface area (Å²) >= 11 is 1.59. The van der Waals surface area contributed by atoms with E-state index in [9.17, 15) is 4.79 Å². The molecule has 4 heterocycles. The average Bonchev–Trinajstić information content (AvgIpc) is 3.38. The van der Waals surface area contributed by atoms with Gasteiger partial charge in [0, 0.05) is 17.8 Å². The van der Waals surface area contributed by atoms with Crippen LogP contribution in [0.2, 0.25) is 0 Å². The first-order valence-electron chi connectivity index (χ1n) is 8.10. The van der Waals surface area contributed by atoms with Crippen LogP contribution >= 0.6 is 11.3 Å². The third-order valence-electron chi connectivity index (χ3n) is 4.39. The highest BCUT2D eigenvalue weighted by atomic mass is 32.1. The van der Waals surface area contributed by atoms with Crippen LogP contribution in [0.3, 0.4) is 0 Å². The summed E-state index contributed by atoms with van der Waals surface area (Å²) in [6.45, 7) is 2.32. The fraction of sp³-hybridized carbons (Fsp3) is 0.176. The minimum atomic E-state index is -0.400. The zero-order chi connectivity index (χ0) is 17.7. The lowest BCUT2D eigenvalue weighted by Crippen LogP contribution is -2.15. The van der Waals surface area contributed by atoms with Crippen molar-refractivity contribution < 1.29 is 4.42 Å². The molecule has 0 bridgehead atoms. The van der Waals surface area contributed by atoms with Crippen molar-refractivity contribution in [1.29, 1.82) is 0 Å². The molecular weight excluding hydrogens is 352 g/mol. The minimum absolute atomic E-state index is 0.0545. The van der Waals surface area contributed by atoms with Crippen LogP contribution in [-0.4, -0.2) is 28.9 Å². The number of thiazole rings is 1. The van der Waals surface area contributed by atoms with Crippen molar-refractivity contribution in [3.8, 4) is 0 Å². The first-order valence-corrected chi connectivity index (χ1v) is 8.98. The van der Waals surface area contributed by atoms with Crippen LogP contribution in [0.25, 0.3) is 16.1 Å². The van der Waals surface area contributed by atoms with E-state index in [-0.39, 0.29) is 6.04 Å². The second-order valence-electron chi connectivity index (χ2n) is 6.05. The second-order valence-corrected chi connectivity index (χ2v) is 6.92. The van der Waals surface area contributed by atoms with E-state index in [4.69, 9.17) is 4.42 Å². The number of oxazole rings is 1. The summed E-state index contributed by atoms with van der Waals surface area (Å²) in [7, 11) is 0. The highest BCUT2D eigenvalue weighted by Crippen LogP contribution is 2.20. The monoisotopic (exact) mass is 366 g/mol. The average molecular weight is 366 g/mol. The van der Waals surface area contributed by atoms with E-state index in [1.807, 2.05) is 53.5 Å². The van der Waals surface area contributed by atoms with Crippen LogP contribution in [0, 0.1) is 0 Å². The molecule has 8 nitrogen and oxygen atoms in total. The first-order chi connectivity index (χ1) is 12.7. The van der Waals surface area contributed by atoms with Gasteiger partial charge in [-0.3, -0.25) is 8.97 Å². The Balaban J connectivity index is 1.45. The number of hydrogen-bond donors (Lipinski definition) is 0. The largest absolute Gasteiger partial charge is 0.420 e. The van der Waals surface area contributed by atoms with E-state index in [2.05, 4.69) is 15.3 Å². The lowest BCUT2D eigenvalue weighted by atomic mass is 10.2. The predicted octanol–water partition coefficient (Wildman–Crippen LogP) is 2.55. The molecule has 4 aromatic heterocycles. The topological polar surface area (TPSA) is 83.2 Å². The molecule has 26 heavy (non-hydrogen) atoms. The Morgan fingerprint density at radius 1 is 1.27 bits per heavy atom. The maximum Gasteiger partial charge on any atom is 0.420 e. The smallest absolute Gasteiger partial charge is 0.408 e. The van der Waals surface area contributed by atoms with Gasteiger partial charge in [0.05, 0.1) is 30.0 Å². The summed E-state index contributed by atoms with van der Waals surface area (Å²) < 4.78 is 10.6. The first kappa shape index (κ1) is 15.1. The summed E-state index contributed by atoms with van der Waals surface area (Å²) in [6.07, 6.45) is 5.81. The number of benzene rings is 1. The molecule has 0 saturated carbocycles. The van der Waals surface area contributed by atoms with E-state index < -0.39 is 5.76 Å². The summed E-state index contributed by atoms with van der Waals surface area (Å²) in [5.41, 5.74) is 2.91. The van der Waals surface area contributed by atoms with Gasteiger partial charge in [0.25, 0.3) is 0 Å². The van der Waals surface area contributed by atoms with Crippen molar-refractivity contribution in [1.82, 2.24) is 28.9 Å². The van der Waals surface area contributed by atoms with E-state index in [1.54, 1.807) is 26.7 Å². The number of fused-ring (bicyclic) bond motifs is 2. The molecule has 130 valence electrons. The van der Waals surface area contributed by atoms with Gasteiger partial charge >= 0.3 is 5.76 Å². The van der Waals surface area contributed by atoms with Gasteiger partial charge in [-0.1, -0.05) is 17.3 Å². The highest BCUT2D eigenvalue weighted by molar-refractivity contribution is 7.15. The molecule has 0 aliphatic rings. The van der Waals surface area contributed by atoms with Crippen molar-refractivity contribution in [3.05, 3.63) is 70.2 Å². The second kappa shape index (κ2) is 5.67. The van der Waals surface area contributed by atoms with Crippen LogP contribution in [0.1, 0.15) is 24.4 Å². The van der Waals surface area contributed by atoms with Gasteiger partial charge in [0.2, 0.25) is 0 Å². The van der Waals surface area contributed by atoms with E-state index in [0.29, 0.717) is 17.8 Å². The Labute approximate surface area is 150 Å². The van der Waals surface area contributed by atoms with Gasteiger partial charge in [-0.05, 0) is 19.1 Å². The molecule has 0 aliphatic carbocycles. The molecular formula is C17H14N6O2S. The molecule has 0 aliphatic heterocycles. The lowest BCUT2D eigenvalue weighted by Gasteiger charge is -2.07. The normalized spacial score (nSPS) is 13.0.